The average molecular weight is 486 g/mol. The number of hydrogen-bond donors (Lipinski definition) is 1. The van der Waals surface area contributed by atoms with Crippen LogP contribution < -0.4 is 10.1 Å². The van der Waals surface area contributed by atoms with Crippen LogP contribution in [0.25, 0.3) is 0 Å². The number of nitrogens with one attached hydrogen (secondary N) is 1. The summed E-state index contributed by atoms with van der Waals surface area (Å²) in [4.78, 5) is 15.7. The van der Waals surface area contributed by atoms with E-state index in [1.165, 1.54) is 17.1 Å². The minimum atomic E-state index is -3.52. The molecule has 2 aromatic rings. The molecule has 34 heavy (non-hydrogen) atoms. The van der Waals surface area contributed by atoms with Crippen molar-refractivity contribution >= 4 is 15.9 Å². The average Bonchev–Trinajstić information content (AvgIpc) is 3.39. The van der Waals surface area contributed by atoms with Gasteiger partial charge in [-0.05, 0) is 75.5 Å². The van der Waals surface area contributed by atoms with Gasteiger partial charge in [0.1, 0.15) is 5.75 Å². The van der Waals surface area contributed by atoms with Crippen LogP contribution in [0.3, 0.4) is 0 Å². The summed E-state index contributed by atoms with van der Waals surface area (Å²) in [5.41, 5.74) is 2.16. The molecule has 1 N–H and O–H groups in total. The minimum absolute atomic E-state index is 0.0134. The second kappa shape index (κ2) is 10.9. The molecule has 1 atom stereocenters. The van der Waals surface area contributed by atoms with Gasteiger partial charge in [-0.3, -0.25) is 9.69 Å². The normalized spacial score (nSPS) is 19.1. The third-order valence-corrected chi connectivity index (χ3v) is 8.93. The van der Waals surface area contributed by atoms with Crippen molar-refractivity contribution in [2.45, 2.75) is 43.5 Å². The number of piperidine rings is 1. The van der Waals surface area contributed by atoms with Gasteiger partial charge >= 0.3 is 0 Å². The zero-order valence-electron chi connectivity index (χ0n) is 20.1. The van der Waals surface area contributed by atoms with E-state index < -0.39 is 10.0 Å². The third kappa shape index (κ3) is 5.62. The van der Waals surface area contributed by atoms with Crippen LogP contribution in [-0.2, 0) is 14.8 Å². The van der Waals surface area contributed by atoms with Crippen LogP contribution >= 0.6 is 0 Å². The van der Waals surface area contributed by atoms with Gasteiger partial charge < -0.3 is 10.1 Å². The first kappa shape index (κ1) is 24.7. The van der Waals surface area contributed by atoms with Gasteiger partial charge in [0.15, 0.2) is 0 Å². The Bertz CT molecular complexity index is 1070. The maximum absolute atomic E-state index is 13.0. The summed E-state index contributed by atoms with van der Waals surface area (Å²) in [6.45, 7) is 5.23. The molecule has 2 heterocycles. The molecule has 0 spiro atoms. The second-order valence-electron chi connectivity index (χ2n) is 9.27. The zero-order valence-corrected chi connectivity index (χ0v) is 20.9. The van der Waals surface area contributed by atoms with Gasteiger partial charge in [0.2, 0.25) is 15.9 Å². The molecule has 0 aromatic heterocycles. The molecular formula is C26H35N3O4S. The van der Waals surface area contributed by atoms with Crippen LogP contribution in [-0.4, -0.2) is 63.4 Å². The van der Waals surface area contributed by atoms with E-state index in [4.69, 9.17) is 4.74 Å². The number of rotatable bonds is 8. The quantitative estimate of drug-likeness (QED) is 0.620. The fourth-order valence-electron chi connectivity index (χ4n) is 4.92. The predicted molar refractivity (Wildman–Crippen MR) is 132 cm³/mol. The molecule has 4 rings (SSSR count). The Hall–Kier alpha value is -2.42. The molecule has 1 amide bonds. The molecule has 0 bridgehead atoms. The Kier molecular flexibility index (Phi) is 7.91. The highest BCUT2D eigenvalue weighted by Crippen LogP contribution is 2.28. The van der Waals surface area contributed by atoms with Gasteiger partial charge in [0, 0.05) is 25.6 Å². The number of carbonyl (C=O) groups excluding carboxylic acids is 1. The lowest BCUT2D eigenvalue weighted by molar-refractivity contribution is -0.126. The van der Waals surface area contributed by atoms with Crippen LogP contribution in [0, 0.1) is 12.8 Å². The van der Waals surface area contributed by atoms with Gasteiger partial charge in [-0.15, -0.1) is 0 Å². The Morgan fingerprint density at radius 3 is 2.38 bits per heavy atom. The number of amides is 1. The van der Waals surface area contributed by atoms with E-state index >= 15 is 0 Å². The number of likely N-dealkylation sites (tertiary alicyclic amines) is 1. The molecule has 184 valence electrons. The summed E-state index contributed by atoms with van der Waals surface area (Å²) < 4.78 is 32.8. The molecule has 0 saturated carbocycles. The van der Waals surface area contributed by atoms with Gasteiger partial charge in [-0.25, -0.2) is 8.42 Å². The zero-order chi connectivity index (χ0) is 24.1. The monoisotopic (exact) mass is 485 g/mol. The van der Waals surface area contributed by atoms with Crippen molar-refractivity contribution in [1.82, 2.24) is 14.5 Å². The maximum atomic E-state index is 13.0. The maximum Gasteiger partial charge on any atom is 0.243 e. The molecule has 2 aromatic carbocycles. The van der Waals surface area contributed by atoms with Crippen molar-refractivity contribution in [2.75, 3.05) is 39.8 Å². The lowest BCUT2D eigenvalue weighted by Crippen LogP contribution is -2.44. The smallest absolute Gasteiger partial charge is 0.243 e. The predicted octanol–water partition coefficient (Wildman–Crippen LogP) is 3.36. The third-order valence-electron chi connectivity index (χ3n) is 7.01. The molecule has 7 nitrogen and oxygen atoms in total. The molecule has 2 aliphatic rings. The fourth-order valence-corrected chi connectivity index (χ4v) is 6.39. The van der Waals surface area contributed by atoms with Crippen LogP contribution in [0.4, 0.5) is 0 Å². The molecule has 0 aliphatic carbocycles. The van der Waals surface area contributed by atoms with Gasteiger partial charge in [0.05, 0.1) is 18.0 Å². The first-order valence-electron chi connectivity index (χ1n) is 12.1. The highest BCUT2D eigenvalue weighted by molar-refractivity contribution is 7.89. The number of hydrogen-bond acceptors (Lipinski definition) is 5. The van der Waals surface area contributed by atoms with E-state index in [1.54, 1.807) is 19.2 Å². The summed E-state index contributed by atoms with van der Waals surface area (Å²) in [5, 5.41) is 3.17. The first-order chi connectivity index (χ1) is 16.4. The van der Waals surface area contributed by atoms with Crippen LogP contribution in [0.15, 0.2) is 53.4 Å². The number of aryl methyl sites for hydroxylation is 1. The van der Waals surface area contributed by atoms with Crippen molar-refractivity contribution in [3.8, 4) is 5.75 Å². The largest absolute Gasteiger partial charge is 0.497 e. The summed E-state index contributed by atoms with van der Waals surface area (Å²) in [5.74, 6) is 0.656. The van der Waals surface area contributed by atoms with E-state index in [1.807, 2.05) is 37.3 Å². The Balaban J connectivity index is 1.35. The number of nitrogens with zero attached hydrogens (tertiary/aromatic N) is 2. The van der Waals surface area contributed by atoms with Gasteiger partial charge in [-0.2, -0.15) is 4.31 Å². The van der Waals surface area contributed by atoms with Crippen molar-refractivity contribution < 1.29 is 17.9 Å². The summed E-state index contributed by atoms with van der Waals surface area (Å²) in [7, 11) is -1.86. The van der Waals surface area contributed by atoms with Crippen molar-refractivity contribution in [1.29, 1.82) is 0 Å². The van der Waals surface area contributed by atoms with E-state index in [0.29, 0.717) is 37.4 Å². The molecule has 8 heteroatoms. The summed E-state index contributed by atoms with van der Waals surface area (Å²) >= 11 is 0. The lowest BCUT2D eigenvalue weighted by Gasteiger charge is -2.32. The Labute approximate surface area is 203 Å². The van der Waals surface area contributed by atoms with Crippen LogP contribution in [0.1, 0.15) is 42.9 Å². The molecule has 0 unspecified atom stereocenters. The number of sulfonamides is 1. The Morgan fingerprint density at radius 1 is 1.06 bits per heavy atom. The second-order valence-corrected chi connectivity index (χ2v) is 11.2. The fraction of sp³-hybridized carbons (Fsp3) is 0.500. The van der Waals surface area contributed by atoms with E-state index in [2.05, 4.69) is 16.3 Å². The summed E-state index contributed by atoms with van der Waals surface area (Å²) in [6, 6.07) is 15.1. The number of benzene rings is 2. The molecule has 0 radical (unpaired) electrons. The summed E-state index contributed by atoms with van der Waals surface area (Å²) in [6.07, 6.45) is 3.40. The molecule has 2 fully saturated rings. The highest BCUT2D eigenvalue weighted by Gasteiger charge is 2.33. The topological polar surface area (TPSA) is 79.0 Å². The standard InChI is InChI=1S/C26H35N3O4S/c1-20-8-10-24(11-9-20)34(31,32)29-16-12-21(13-17-29)26(30)27-19-25(28-14-3-4-15-28)22-6-5-7-23(18-22)33-2/h5-11,18,21,25H,3-4,12-17,19H2,1-2H3,(H,27,30)/t25-/m0/s1. The SMILES string of the molecule is COc1cccc([C@H](CNC(=O)C2CCN(S(=O)(=O)c3ccc(C)cc3)CC2)N2CCCC2)c1. The number of methoxy groups -OCH3 is 1. The van der Waals surface area contributed by atoms with Crippen molar-refractivity contribution in [2.24, 2.45) is 5.92 Å². The molecule has 2 aliphatic heterocycles. The van der Waals surface area contributed by atoms with Gasteiger partial charge in [-0.1, -0.05) is 29.8 Å². The molecular weight excluding hydrogens is 450 g/mol. The van der Waals surface area contributed by atoms with Crippen LogP contribution in [0.5, 0.6) is 5.75 Å². The van der Waals surface area contributed by atoms with Crippen molar-refractivity contribution in [3.63, 3.8) is 0 Å². The molecule has 2 saturated heterocycles. The Morgan fingerprint density at radius 2 is 1.74 bits per heavy atom. The number of carbonyl (C=O) groups is 1. The lowest BCUT2D eigenvalue weighted by atomic mass is 9.97. The van der Waals surface area contributed by atoms with E-state index in [9.17, 15) is 13.2 Å². The van der Waals surface area contributed by atoms with Crippen LogP contribution in [0.2, 0.25) is 0 Å². The van der Waals surface area contributed by atoms with E-state index in [0.717, 1.165) is 30.0 Å². The van der Waals surface area contributed by atoms with Gasteiger partial charge in [0.25, 0.3) is 0 Å². The minimum Gasteiger partial charge on any atom is -0.497 e. The number of ether oxygens (including phenoxy) is 1. The first-order valence-corrected chi connectivity index (χ1v) is 13.5. The highest BCUT2D eigenvalue weighted by atomic mass is 32.2. The van der Waals surface area contributed by atoms with E-state index in [-0.39, 0.29) is 17.9 Å². The van der Waals surface area contributed by atoms with Crippen molar-refractivity contribution in [3.05, 3.63) is 59.7 Å².